The van der Waals surface area contributed by atoms with Crippen molar-refractivity contribution in [2.45, 2.75) is 4.90 Å². The van der Waals surface area contributed by atoms with E-state index in [4.69, 9.17) is 16.9 Å². The molecule has 2 aromatic carbocycles. The minimum absolute atomic E-state index is 0.0771. The van der Waals surface area contributed by atoms with Crippen LogP contribution in [0, 0.1) is 17.1 Å². The lowest BCUT2D eigenvalue weighted by Gasteiger charge is -2.06. The van der Waals surface area contributed by atoms with Crippen LogP contribution >= 0.6 is 11.6 Å². The molecule has 1 atom stereocenters. The molecule has 0 saturated heterocycles. The van der Waals surface area contributed by atoms with Crippen LogP contribution in [0.15, 0.2) is 47.5 Å². The molecule has 3 rings (SSSR count). The largest absolute Gasteiger partial charge is 0.349 e. The van der Waals surface area contributed by atoms with Gasteiger partial charge in [0.1, 0.15) is 5.82 Å². The van der Waals surface area contributed by atoms with Crippen LogP contribution < -0.4 is 4.72 Å². The van der Waals surface area contributed by atoms with E-state index in [9.17, 15) is 8.60 Å². The number of nitrogens with one attached hydrogen (secondary N) is 1. The summed E-state index contributed by atoms with van der Waals surface area (Å²) in [4.78, 5) is 0.530. The molecule has 116 valence electrons. The van der Waals surface area contributed by atoms with Gasteiger partial charge >= 0.3 is 0 Å². The average molecular weight is 348 g/mol. The first-order chi connectivity index (χ1) is 11.0. The first kappa shape index (κ1) is 15.5. The Morgan fingerprint density at radius 3 is 2.78 bits per heavy atom. The molecular formula is C16H11ClFN3OS. The Morgan fingerprint density at radius 2 is 2.09 bits per heavy atom. The van der Waals surface area contributed by atoms with Crippen molar-refractivity contribution in [3.05, 3.63) is 59.0 Å². The van der Waals surface area contributed by atoms with Gasteiger partial charge in [0.05, 0.1) is 27.7 Å². The third-order valence-corrected chi connectivity index (χ3v) is 4.78. The number of aromatic nitrogens is 1. The molecule has 0 bridgehead atoms. The van der Waals surface area contributed by atoms with E-state index < -0.39 is 16.8 Å². The van der Waals surface area contributed by atoms with E-state index in [0.29, 0.717) is 9.92 Å². The van der Waals surface area contributed by atoms with Gasteiger partial charge in [-0.05, 0) is 30.3 Å². The Labute approximate surface area is 139 Å². The summed E-state index contributed by atoms with van der Waals surface area (Å²) >= 11 is 5.98. The van der Waals surface area contributed by atoms with E-state index in [-0.39, 0.29) is 11.3 Å². The minimum atomic E-state index is -1.65. The molecule has 1 heterocycles. The Kier molecular flexibility index (Phi) is 4.07. The summed E-state index contributed by atoms with van der Waals surface area (Å²) in [5.74, 6) is -0.624. The second-order valence-corrected chi connectivity index (χ2v) is 6.56. The highest BCUT2D eigenvalue weighted by molar-refractivity contribution is 7.86. The fourth-order valence-electron chi connectivity index (χ4n) is 2.29. The number of rotatable bonds is 3. The highest BCUT2D eigenvalue weighted by Gasteiger charge is 2.15. The third kappa shape index (κ3) is 2.93. The molecular weight excluding hydrogens is 337 g/mol. The van der Waals surface area contributed by atoms with E-state index in [0.717, 1.165) is 17.0 Å². The molecule has 3 aromatic rings. The van der Waals surface area contributed by atoms with Crippen molar-refractivity contribution in [1.82, 2.24) is 4.57 Å². The number of nitrogens with zero attached hydrogens (tertiary/aromatic N) is 2. The second-order valence-electron chi connectivity index (χ2n) is 4.94. The molecule has 0 aliphatic rings. The van der Waals surface area contributed by atoms with E-state index in [1.54, 1.807) is 24.4 Å². The van der Waals surface area contributed by atoms with E-state index in [1.165, 1.54) is 12.1 Å². The normalized spacial score (nSPS) is 12.1. The van der Waals surface area contributed by atoms with Gasteiger partial charge in [0.15, 0.2) is 11.0 Å². The first-order valence-electron chi connectivity index (χ1n) is 6.62. The monoisotopic (exact) mass is 347 g/mol. The average Bonchev–Trinajstić information content (AvgIpc) is 2.86. The lowest BCUT2D eigenvalue weighted by molar-refractivity contribution is 0.631. The van der Waals surface area contributed by atoms with Crippen LogP contribution in [0.4, 0.5) is 10.1 Å². The summed E-state index contributed by atoms with van der Waals surface area (Å²) in [6, 6.07) is 11.1. The van der Waals surface area contributed by atoms with Gasteiger partial charge in [-0.1, -0.05) is 17.7 Å². The van der Waals surface area contributed by atoms with Crippen molar-refractivity contribution in [2.24, 2.45) is 7.05 Å². The quantitative estimate of drug-likeness (QED) is 0.779. The molecule has 0 spiro atoms. The number of benzene rings is 2. The summed E-state index contributed by atoms with van der Waals surface area (Å²) < 4.78 is 30.9. The Hall–Kier alpha value is -2.36. The van der Waals surface area contributed by atoms with E-state index in [2.05, 4.69) is 4.72 Å². The predicted octanol–water partition coefficient (Wildman–Crippen LogP) is 3.98. The second kappa shape index (κ2) is 6.03. The first-order valence-corrected chi connectivity index (χ1v) is 8.15. The van der Waals surface area contributed by atoms with Gasteiger partial charge in [0.2, 0.25) is 0 Å². The lowest BCUT2D eigenvalue weighted by atomic mass is 10.2. The molecule has 0 aliphatic heterocycles. The summed E-state index contributed by atoms with van der Waals surface area (Å²) in [6.45, 7) is 0. The van der Waals surface area contributed by atoms with Crippen LogP contribution in [0.5, 0.6) is 0 Å². The summed E-state index contributed by atoms with van der Waals surface area (Å²) in [6.07, 6.45) is 1.71. The molecule has 1 aromatic heterocycles. The van der Waals surface area contributed by atoms with Gasteiger partial charge in [-0.15, -0.1) is 0 Å². The van der Waals surface area contributed by atoms with Crippen molar-refractivity contribution < 1.29 is 8.60 Å². The van der Waals surface area contributed by atoms with Gasteiger partial charge in [0.25, 0.3) is 0 Å². The summed E-state index contributed by atoms with van der Waals surface area (Å²) in [7, 11) is 0.171. The van der Waals surface area contributed by atoms with E-state index in [1.807, 2.05) is 17.7 Å². The zero-order valence-corrected chi connectivity index (χ0v) is 13.6. The van der Waals surface area contributed by atoms with Gasteiger partial charge < -0.3 is 4.57 Å². The number of aryl methyl sites for hydroxylation is 1. The zero-order valence-electron chi connectivity index (χ0n) is 12.0. The minimum Gasteiger partial charge on any atom is -0.349 e. The van der Waals surface area contributed by atoms with Gasteiger partial charge in [0, 0.05) is 23.7 Å². The zero-order chi connectivity index (χ0) is 16.6. The Balaban J connectivity index is 1.97. The third-order valence-electron chi connectivity index (χ3n) is 3.42. The fraction of sp³-hybridized carbons (Fsp3) is 0.0625. The van der Waals surface area contributed by atoms with Gasteiger partial charge in [-0.3, -0.25) is 4.72 Å². The van der Waals surface area contributed by atoms with Crippen molar-refractivity contribution in [3.63, 3.8) is 0 Å². The topological polar surface area (TPSA) is 57.8 Å². The van der Waals surface area contributed by atoms with Crippen molar-refractivity contribution >= 4 is 39.2 Å². The number of anilines is 1. The maximum Gasteiger partial charge on any atom is 0.152 e. The highest BCUT2D eigenvalue weighted by Crippen LogP contribution is 2.27. The standard InChI is InChI=1S/C16H11ClFN3OS/c1-21-9-16(12-4-3-11(17)7-15(12)21)23(22)20-14-5-2-10(8-19)6-13(14)18/h2-7,9,20H,1H3. The van der Waals surface area contributed by atoms with Crippen LogP contribution in [0.2, 0.25) is 5.02 Å². The lowest BCUT2D eigenvalue weighted by Crippen LogP contribution is -2.06. The number of fused-ring (bicyclic) bond motifs is 1. The number of halogens is 2. The predicted molar refractivity (Wildman–Crippen MR) is 89.1 cm³/mol. The van der Waals surface area contributed by atoms with Crippen LogP contribution in [0.25, 0.3) is 10.9 Å². The molecule has 0 saturated carbocycles. The SMILES string of the molecule is Cn1cc(S(=O)Nc2ccc(C#N)cc2F)c2ccc(Cl)cc21. The smallest absolute Gasteiger partial charge is 0.152 e. The van der Waals surface area contributed by atoms with E-state index >= 15 is 0 Å². The molecule has 1 unspecified atom stereocenters. The van der Waals surface area contributed by atoms with Gasteiger partial charge in [-0.25, -0.2) is 8.60 Å². The van der Waals surface area contributed by atoms with Crippen molar-refractivity contribution in [1.29, 1.82) is 5.26 Å². The fourth-order valence-corrected chi connectivity index (χ4v) is 3.56. The molecule has 4 nitrogen and oxygen atoms in total. The maximum absolute atomic E-state index is 13.9. The number of hydrogen-bond donors (Lipinski definition) is 1. The summed E-state index contributed by atoms with van der Waals surface area (Å²) in [5, 5.41) is 10.1. The maximum atomic E-state index is 13.9. The highest BCUT2D eigenvalue weighted by atomic mass is 35.5. The molecule has 0 radical (unpaired) electrons. The Bertz CT molecular complexity index is 977. The molecule has 23 heavy (non-hydrogen) atoms. The Morgan fingerprint density at radius 1 is 1.30 bits per heavy atom. The van der Waals surface area contributed by atoms with Crippen LogP contribution in [-0.4, -0.2) is 8.78 Å². The van der Waals surface area contributed by atoms with Crippen LogP contribution in [0.1, 0.15) is 5.56 Å². The van der Waals surface area contributed by atoms with Crippen molar-refractivity contribution in [3.8, 4) is 6.07 Å². The molecule has 0 amide bonds. The molecule has 0 aliphatic carbocycles. The van der Waals surface area contributed by atoms with Crippen LogP contribution in [0.3, 0.4) is 0 Å². The number of nitriles is 1. The molecule has 1 N–H and O–H groups in total. The van der Waals surface area contributed by atoms with Gasteiger partial charge in [-0.2, -0.15) is 5.26 Å². The van der Waals surface area contributed by atoms with Crippen molar-refractivity contribution in [2.75, 3.05) is 4.72 Å². The molecule has 7 heteroatoms. The summed E-state index contributed by atoms with van der Waals surface area (Å²) in [5.41, 5.74) is 1.12. The molecule has 0 fully saturated rings. The number of hydrogen-bond acceptors (Lipinski definition) is 2. The van der Waals surface area contributed by atoms with Crippen LogP contribution in [-0.2, 0) is 18.0 Å².